The van der Waals surface area contributed by atoms with Gasteiger partial charge >= 0.3 is 0 Å². The van der Waals surface area contributed by atoms with Crippen molar-refractivity contribution in [2.24, 2.45) is 0 Å². The van der Waals surface area contributed by atoms with E-state index in [0.29, 0.717) is 18.4 Å². The maximum Gasteiger partial charge on any atom is 0.151 e. The minimum atomic E-state index is -0.217. The second-order valence-electron chi connectivity index (χ2n) is 4.01. The Bertz CT molecular complexity index is 378. The van der Waals surface area contributed by atoms with Crippen LogP contribution >= 0.6 is 0 Å². The van der Waals surface area contributed by atoms with Gasteiger partial charge in [0.05, 0.1) is 6.04 Å². The number of nitrogens with zero attached hydrogens (tertiary/aromatic N) is 1. The minimum Gasteiger partial charge on any atom is -0.298 e. The fraction of sp³-hybridized carbons (Fsp3) is 0.417. The lowest BCUT2D eigenvalue weighted by Gasteiger charge is -2.17. The Hall–Kier alpha value is -1.22. The molecule has 80 valence electrons. The standard InChI is InChI=1S/C12H14FNO/c1-14-7-6-12(15)11(14)8-9-4-2-3-5-10(9)13/h2-5,11H,6-8H2,1H3. The van der Waals surface area contributed by atoms with E-state index < -0.39 is 0 Å². The van der Waals surface area contributed by atoms with Gasteiger partial charge in [-0.1, -0.05) is 18.2 Å². The van der Waals surface area contributed by atoms with Crippen molar-refractivity contribution in [3.05, 3.63) is 35.6 Å². The zero-order valence-corrected chi connectivity index (χ0v) is 8.74. The molecule has 3 heteroatoms. The van der Waals surface area contributed by atoms with Gasteiger partial charge in [0.25, 0.3) is 0 Å². The van der Waals surface area contributed by atoms with E-state index in [-0.39, 0.29) is 17.6 Å². The van der Waals surface area contributed by atoms with Crippen LogP contribution in [0.1, 0.15) is 12.0 Å². The summed E-state index contributed by atoms with van der Waals surface area (Å²) in [4.78, 5) is 13.5. The summed E-state index contributed by atoms with van der Waals surface area (Å²) in [7, 11) is 1.91. The van der Waals surface area contributed by atoms with Crippen LogP contribution in [-0.2, 0) is 11.2 Å². The number of benzene rings is 1. The third-order valence-corrected chi connectivity index (χ3v) is 2.99. The van der Waals surface area contributed by atoms with Gasteiger partial charge in [-0.15, -0.1) is 0 Å². The maximum atomic E-state index is 13.4. The summed E-state index contributed by atoms with van der Waals surface area (Å²) in [5.74, 6) is 0.00588. The first-order valence-electron chi connectivity index (χ1n) is 5.15. The van der Waals surface area contributed by atoms with Gasteiger partial charge in [-0.2, -0.15) is 0 Å². The first kappa shape index (κ1) is 10.3. The van der Waals surface area contributed by atoms with Crippen molar-refractivity contribution in [2.45, 2.75) is 18.9 Å². The van der Waals surface area contributed by atoms with Crippen molar-refractivity contribution in [1.82, 2.24) is 4.90 Å². The molecule has 0 amide bonds. The van der Waals surface area contributed by atoms with E-state index in [9.17, 15) is 9.18 Å². The van der Waals surface area contributed by atoms with E-state index in [4.69, 9.17) is 0 Å². The molecule has 1 saturated heterocycles. The Morgan fingerprint density at radius 2 is 2.20 bits per heavy atom. The van der Waals surface area contributed by atoms with Crippen molar-refractivity contribution >= 4 is 5.78 Å². The molecule has 0 N–H and O–H groups in total. The maximum absolute atomic E-state index is 13.4. The number of ketones is 1. The number of carbonyl (C=O) groups is 1. The highest BCUT2D eigenvalue weighted by molar-refractivity contribution is 5.86. The molecule has 2 nitrogen and oxygen atoms in total. The van der Waals surface area contributed by atoms with Crippen molar-refractivity contribution in [3.63, 3.8) is 0 Å². The molecule has 15 heavy (non-hydrogen) atoms. The second-order valence-corrected chi connectivity index (χ2v) is 4.01. The quantitative estimate of drug-likeness (QED) is 0.734. The van der Waals surface area contributed by atoms with Crippen LogP contribution in [0, 0.1) is 5.82 Å². The molecule has 1 aliphatic rings. The number of halogens is 1. The van der Waals surface area contributed by atoms with Crippen LogP contribution in [-0.4, -0.2) is 30.3 Å². The van der Waals surface area contributed by atoms with Crippen LogP contribution in [0.15, 0.2) is 24.3 Å². The number of Topliss-reactive ketones (excluding diaryl/α,β-unsaturated/α-hetero) is 1. The van der Waals surface area contributed by atoms with Gasteiger partial charge in [-0.3, -0.25) is 9.69 Å². The van der Waals surface area contributed by atoms with E-state index in [0.717, 1.165) is 6.54 Å². The molecule has 1 unspecified atom stereocenters. The van der Waals surface area contributed by atoms with Crippen LogP contribution < -0.4 is 0 Å². The lowest BCUT2D eigenvalue weighted by atomic mass is 10.0. The van der Waals surface area contributed by atoms with E-state index in [2.05, 4.69) is 0 Å². The fourth-order valence-electron chi connectivity index (χ4n) is 2.00. The summed E-state index contributed by atoms with van der Waals surface area (Å²) in [6.45, 7) is 0.790. The zero-order chi connectivity index (χ0) is 10.8. The third kappa shape index (κ3) is 2.07. The summed E-state index contributed by atoms with van der Waals surface area (Å²) >= 11 is 0. The largest absolute Gasteiger partial charge is 0.298 e. The van der Waals surface area contributed by atoms with Gasteiger partial charge in [0, 0.05) is 13.0 Å². The molecule has 1 aromatic carbocycles. The molecule has 1 aromatic rings. The van der Waals surface area contributed by atoms with Crippen molar-refractivity contribution < 1.29 is 9.18 Å². The van der Waals surface area contributed by atoms with E-state index >= 15 is 0 Å². The monoisotopic (exact) mass is 207 g/mol. The average Bonchev–Trinajstić information content (AvgIpc) is 2.53. The summed E-state index contributed by atoms with van der Waals surface area (Å²) in [6, 6.07) is 6.52. The zero-order valence-electron chi connectivity index (χ0n) is 8.74. The Morgan fingerprint density at radius 1 is 1.47 bits per heavy atom. The molecule has 0 aromatic heterocycles. The normalized spacial score (nSPS) is 22.3. The molecule has 1 aliphatic heterocycles. The van der Waals surface area contributed by atoms with Crippen LogP contribution in [0.4, 0.5) is 4.39 Å². The minimum absolute atomic E-state index is 0.137. The summed E-state index contributed by atoms with van der Waals surface area (Å²) in [5.41, 5.74) is 0.629. The van der Waals surface area contributed by atoms with E-state index in [1.807, 2.05) is 11.9 Å². The van der Waals surface area contributed by atoms with Crippen LogP contribution in [0.3, 0.4) is 0 Å². The van der Waals surface area contributed by atoms with Crippen LogP contribution in [0.5, 0.6) is 0 Å². The molecule has 0 saturated carbocycles. The number of likely N-dealkylation sites (tertiary alicyclic amines) is 1. The number of hydrogen-bond donors (Lipinski definition) is 0. The van der Waals surface area contributed by atoms with Gasteiger partial charge in [-0.05, 0) is 25.1 Å². The van der Waals surface area contributed by atoms with Gasteiger partial charge in [0.1, 0.15) is 5.82 Å². The lowest BCUT2D eigenvalue weighted by molar-refractivity contribution is -0.119. The molecule has 1 fully saturated rings. The molecule has 0 spiro atoms. The highest BCUT2D eigenvalue weighted by Gasteiger charge is 2.29. The van der Waals surface area contributed by atoms with Gasteiger partial charge in [0.15, 0.2) is 5.78 Å². The topological polar surface area (TPSA) is 20.3 Å². The van der Waals surface area contributed by atoms with Gasteiger partial charge < -0.3 is 0 Å². The van der Waals surface area contributed by atoms with Crippen molar-refractivity contribution in [1.29, 1.82) is 0 Å². The summed E-state index contributed by atoms with van der Waals surface area (Å²) < 4.78 is 13.4. The summed E-state index contributed by atoms with van der Waals surface area (Å²) in [5, 5.41) is 0. The molecule has 0 radical (unpaired) electrons. The van der Waals surface area contributed by atoms with Crippen LogP contribution in [0.2, 0.25) is 0 Å². The average molecular weight is 207 g/mol. The van der Waals surface area contributed by atoms with Gasteiger partial charge in [0.2, 0.25) is 0 Å². The summed E-state index contributed by atoms with van der Waals surface area (Å²) in [6.07, 6.45) is 1.08. The first-order valence-corrected chi connectivity index (χ1v) is 5.15. The Labute approximate surface area is 88.7 Å². The SMILES string of the molecule is CN1CCC(=O)C1Cc1ccccc1F. The first-order chi connectivity index (χ1) is 7.18. The van der Waals surface area contributed by atoms with E-state index in [1.54, 1.807) is 18.2 Å². The molecule has 1 heterocycles. The molecular formula is C12H14FNO. The van der Waals surface area contributed by atoms with Crippen LogP contribution in [0.25, 0.3) is 0 Å². The predicted molar refractivity (Wildman–Crippen MR) is 56.1 cm³/mol. The van der Waals surface area contributed by atoms with Crippen molar-refractivity contribution in [2.75, 3.05) is 13.6 Å². The van der Waals surface area contributed by atoms with E-state index in [1.165, 1.54) is 6.07 Å². The molecule has 0 bridgehead atoms. The molecule has 0 aliphatic carbocycles. The van der Waals surface area contributed by atoms with Crippen molar-refractivity contribution in [3.8, 4) is 0 Å². The Balaban J connectivity index is 2.15. The molecule has 1 atom stereocenters. The smallest absolute Gasteiger partial charge is 0.151 e. The highest BCUT2D eigenvalue weighted by Crippen LogP contribution is 2.17. The molecule has 2 rings (SSSR count). The number of rotatable bonds is 2. The third-order valence-electron chi connectivity index (χ3n) is 2.99. The predicted octanol–water partition coefficient (Wildman–Crippen LogP) is 1.64. The highest BCUT2D eigenvalue weighted by atomic mass is 19.1. The Morgan fingerprint density at radius 3 is 2.80 bits per heavy atom. The lowest BCUT2D eigenvalue weighted by Crippen LogP contribution is -2.31. The van der Waals surface area contributed by atoms with Gasteiger partial charge in [-0.25, -0.2) is 4.39 Å². The number of hydrogen-bond acceptors (Lipinski definition) is 2. The number of likely N-dealkylation sites (N-methyl/N-ethyl adjacent to an activating group) is 1. The second kappa shape index (κ2) is 4.11. The Kier molecular flexibility index (Phi) is 2.82. The fourth-order valence-corrected chi connectivity index (χ4v) is 2.00. The molecular weight excluding hydrogens is 193 g/mol. The number of carbonyl (C=O) groups excluding carboxylic acids is 1.